The molecule has 2 aromatic heterocycles. The molecule has 2 rings (SSSR count). The van der Waals surface area contributed by atoms with Crippen LogP contribution in [0.4, 0.5) is 0 Å². The second kappa shape index (κ2) is 2.75. The summed E-state index contributed by atoms with van der Waals surface area (Å²) in [6.45, 7) is 0. The summed E-state index contributed by atoms with van der Waals surface area (Å²) < 4.78 is 31.3. The Labute approximate surface area is 81.5 Å². The lowest BCUT2D eigenvalue weighted by Crippen LogP contribution is -1.85. The summed E-state index contributed by atoms with van der Waals surface area (Å²) in [5, 5.41) is 0.299. The van der Waals surface area contributed by atoms with E-state index in [2.05, 4.69) is 25.9 Å². The van der Waals surface area contributed by atoms with Gasteiger partial charge in [-0.1, -0.05) is 11.3 Å². The SMILES string of the molecule is [2H]c1nc(-n2c([2H])nc([2H])c2[2H])sc1Br. The van der Waals surface area contributed by atoms with Gasteiger partial charge in [-0.05, 0) is 15.9 Å². The van der Waals surface area contributed by atoms with E-state index in [1.807, 2.05) is 0 Å². The molecule has 0 atom stereocenters. The van der Waals surface area contributed by atoms with Crippen LogP contribution in [0.15, 0.2) is 28.6 Å². The fourth-order valence-electron chi connectivity index (χ4n) is 0.579. The van der Waals surface area contributed by atoms with E-state index in [0.29, 0.717) is 8.92 Å². The van der Waals surface area contributed by atoms with Crippen LogP contribution in [0.3, 0.4) is 0 Å². The van der Waals surface area contributed by atoms with Crippen molar-refractivity contribution in [2.24, 2.45) is 0 Å². The standard InChI is InChI=1S/C6H4BrN3S/c7-5-3-9-6(11-5)10-2-1-8-4-10/h1-4H/i1D,2D,3D,4D. The van der Waals surface area contributed by atoms with Crippen molar-refractivity contribution in [3.05, 3.63) is 28.6 Å². The third-order valence-electron chi connectivity index (χ3n) is 0.979. The fourth-order valence-corrected chi connectivity index (χ4v) is 1.62. The highest BCUT2D eigenvalue weighted by Gasteiger charge is 1.99. The van der Waals surface area contributed by atoms with E-state index >= 15 is 0 Å². The molecule has 0 spiro atoms. The zero-order chi connectivity index (χ0) is 11.2. The van der Waals surface area contributed by atoms with Gasteiger partial charge < -0.3 is 0 Å². The van der Waals surface area contributed by atoms with E-state index in [-0.39, 0.29) is 24.8 Å². The summed E-state index contributed by atoms with van der Waals surface area (Å²) >= 11 is 4.26. The monoisotopic (exact) mass is 233 g/mol. The maximum Gasteiger partial charge on any atom is 0.195 e. The van der Waals surface area contributed by atoms with Crippen molar-refractivity contribution in [2.75, 3.05) is 0 Å². The molecule has 0 aliphatic rings. The van der Waals surface area contributed by atoms with Crippen molar-refractivity contribution in [2.45, 2.75) is 0 Å². The highest BCUT2D eigenvalue weighted by atomic mass is 79.9. The first-order valence-electron chi connectivity index (χ1n) is 4.66. The predicted molar refractivity (Wildman–Crippen MR) is 46.9 cm³/mol. The molecule has 0 aliphatic carbocycles. The molecule has 0 N–H and O–H groups in total. The van der Waals surface area contributed by atoms with Crippen LogP contribution in [0.2, 0.25) is 0 Å². The normalized spacial score (nSPS) is 15.4. The van der Waals surface area contributed by atoms with Crippen LogP contribution < -0.4 is 0 Å². The predicted octanol–water partition coefficient (Wildman–Crippen LogP) is 2.09. The van der Waals surface area contributed by atoms with Gasteiger partial charge in [-0.15, -0.1) is 0 Å². The maximum absolute atomic E-state index is 7.52. The second-order valence-corrected chi connectivity index (χ2v) is 3.95. The van der Waals surface area contributed by atoms with Crippen LogP contribution in [0.25, 0.3) is 5.13 Å². The minimum atomic E-state index is -0.266. The molecule has 0 fully saturated rings. The second-order valence-electron chi connectivity index (χ2n) is 1.65. The van der Waals surface area contributed by atoms with Crippen molar-refractivity contribution in [1.82, 2.24) is 14.5 Å². The smallest absolute Gasteiger partial charge is 0.195 e. The van der Waals surface area contributed by atoms with Gasteiger partial charge in [0.2, 0.25) is 0 Å². The minimum absolute atomic E-state index is 0.0500. The van der Waals surface area contributed by atoms with E-state index in [9.17, 15) is 0 Å². The Hall–Kier alpha value is -0.680. The van der Waals surface area contributed by atoms with E-state index in [0.717, 1.165) is 15.9 Å². The van der Waals surface area contributed by atoms with Crippen molar-refractivity contribution < 1.29 is 5.48 Å². The van der Waals surface area contributed by atoms with Gasteiger partial charge in [-0.3, -0.25) is 4.57 Å². The van der Waals surface area contributed by atoms with Gasteiger partial charge in [0.25, 0.3) is 0 Å². The number of thiazole rings is 1. The molecule has 0 saturated heterocycles. The lowest BCUT2D eigenvalue weighted by molar-refractivity contribution is 1.03. The third-order valence-corrected chi connectivity index (χ3v) is 2.37. The van der Waals surface area contributed by atoms with Crippen LogP contribution in [-0.2, 0) is 0 Å². The van der Waals surface area contributed by atoms with E-state index in [1.165, 1.54) is 0 Å². The Kier molecular flexibility index (Phi) is 0.954. The van der Waals surface area contributed by atoms with Crippen LogP contribution in [-0.4, -0.2) is 14.5 Å². The van der Waals surface area contributed by atoms with Crippen LogP contribution >= 0.6 is 27.3 Å². The molecule has 0 bridgehead atoms. The Bertz CT molecular complexity index is 503. The van der Waals surface area contributed by atoms with E-state index < -0.39 is 0 Å². The van der Waals surface area contributed by atoms with Gasteiger partial charge in [0.15, 0.2) is 5.13 Å². The van der Waals surface area contributed by atoms with Gasteiger partial charge in [0, 0.05) is 12.3 Å². The Balaban J connectivity index is 2.63. The summed E-state index contributed by atoms with van der Waals surface area (Å²) in [4.78, 5) is 7.38. The molecule has 0 radical (unpaired) electrons. The summed E-state index contributed by atoms with van der Waals surface area (Å²) in [5.74, 6) is 0. The molecule has 0 aliphatic heterocycles. The zero-order valence-electron chi connectivity index (χ0n) is 9.13. The Morgan fingerprint density at radius 1 is 1.73 bits per heavy atom. The fraction of sp³-hybridized carbons (Fsp3) is 0. The van der Waals surface area contributed by atoms with Crippen molar-refractivity contribution >= 4 is 27.3 Å². The van der Waals surface area contributed by atoms with Crippen molar-refractivity contribution in [3.8, 4) is 5.13 Å². The largest absolute Gasteiger partial charge is 0.282 e. The molecule has 0 aromatic carbocycles. The number of hydrogen-bond acceptors (Lipinski definition) is 3. The van der Waals surface area contributed by atoms with Gasteiger partial charge in [-0.25, -0.2) is 9.97 Å². The average Bonchev–Trinajstić information content (AvgIpc) is 2.57. The number of nitrogens with zero attached hydrogens (tertiary/aromatic N) is 3. The van der Waals surface area contributed by atoms with Crippen LogP contribution in [0.5, 0.6) is 0 Å². The molecule has 0 unspecified atom stereocenters. The molecular formula is C6H4BrN3S. The highest BCUT2D eigenvalue weighted by molar-refractivity contribution is 9.11. The molecule has 11 heavy (non-hydrogen) atoms. The minimum Gasteiger partial charge on any atom is -0.282 e. The number of rotatable bonds is 1. The summed E-state index contributed by atoms with van der Waals surface area (Å²) in [6, 6.07) is 0. The maximum atomic E-state index is 7.52. The lowest BCUT2D eigenvalue weighted by Gasteiger charge is -1.90. The molecule has 2 aromatic rings. The van der Waals surface area contributed by atoms with Crippen molar-refractivity contribution in [3.63, 3.8) is 0 Å². The number of aromatic nitrogens is 3. The zero-order valence-corrected chi connectivity index (χ0v) is 7.53. The average molecular weight is 234 g/mol. The lowest BCUT2D eigenvalue weighted by atomic mass is 10.9. The van der Waals surface area contributed by atoms with Crippen molar-refractivity contribution in [1.29, 1.82) is 0 Å². The molecule has 3 nitrogen and oxygen atoms in total. The van der Waals surface area contributed by atoms with Gasteiger partial charge in [0.05, 0.1) is 14.1 Å². The van der Waals surface area contributed by atoms with Gasteiger partial charge >= 0.3 is 0 Å². The van der Waals surface area contributed by atoms with Crippen LogP contribution in [0, 0.1) is 0 Å². The molecule has 0 saturated carbocycles. The first kappa shape index (κ1) is 3.82. The van der Waals surface area contributed by atoms with E-state index in [4.69, 9.17) is 5.48 Å². The van der Waals surface area contributed by atoms with Crippen LogP contribution in [0.1, 0.15) is 5.48 Å². The molecular weight excluding hydrogens is 226 g/mol. The highest BCUT2D eigenvalue weighted by Crippen LogP contribution is 2.21. The summed E-state index contributed by atoms with van der Waals surface area (Å²) in [7, 11) is 0. The quantitative estimate of drug-likeness (QED) is 0.756. The van der Waals surface area contributed by atoms with Gasteiger partial charge in [-0.2, -0.15) is 0 Å². The Morgan fingerprint density at radius 3 is 3.18 bits per heavy atom. The summed E-state index contributed by atoms with van der Waals surface area (Å²) in [6.07, 6.45) is -0.626. The Morgan fingerprint density at radius 2 is 2.64 bits per heavy atom. The number of imidazole rings is 1. The molecule has 56 valence electrons. The third kappa shape index (κ3) is 1.34. The molecule has 2 heterocycles. The van der Waals surface area contributed by atoms with Gasteiger partial charge in [0.1, 0.15) is 7.67 Å². The first-order chi connectivity index (χ1) is 7.00. The summed E-state index contributed by atoms with van der Waals surface area (Å²) in [5.41, 5.74) is 0. The number of halogens is 1. The molecule has 5 heteroatoms. The topological polar surface area (TPSA) is 30.7 Å². The number of hydrogen-bond donors (Lipinski definition) is 0. The molecule has 0 amide bonds. The van der Waals surface area contributed by atoms with E-state index in [1.54, 1.807) is 0 Å². The first-order valence-corrected chi connectivity index (χ1v) is 4.27.